The Morgan fingerprint density at radius 1 is 1.19 bits per heavy atom. The average molecular weight is 358 g/mol. The highest BCUT2D eigenvalue weighted by molar-refractivity contribution is 5.89. The van der Waals surface area contributed by atoms with E-state index in [1.165, 1.54) is 12.5 Å². The second-order valence-electron chi connectivity index (χ2n) is 7.80. The molecule has 2 amide bonds. The third kappa shape index (κ3) is 4.25. The number of rotatable bonds is 2. The van der Waals surface area contributed by atoms with Crippen molar-refractivity contribution < 1.29 is 19.1 Å². The molecule has 0 saturated carbocycles. The SMILES string of the molecule is CC(=O)Nc1ccc(C2=CC3COCC(C2)N3C(=O)OC(C)(C)C)cc1. The first kappa shape index (κ1) is 18.5. The third-order valence-electron chi connectivity index (χ3n) is 4.38. The molecular formula is C20H26N2O4. The predicted molar refractivity (Wildman–Crippen MR) is 99.8 cm³/mol. The maximum Gasteiger partial charge on any atom is 0.411 e. The Hall–Kier alpha value is -2.34. The summed E-state index contributed by atoms with van der Waals surface area (Å²) in [4.78, 5) is 25.6. The van der Waals surface area contributed by atoms with Gasteiger partial charge >= 0.3 is 6.09 Å². The minimum absolute atomic E-state index is 0.0291. The van der Waals surface area contributed by atoms with E-state index in [0.717, 1.165) is 17.7 Å². The van der Waals surface area contributed by atoms with Crippen LogP contribution >= 0.6 is 0 Å². The fourth-order valence-electron chi connectivity index (χ4n) is 3.38. The van der Waals surface area contributed by atoms with Gasteiger partial charge in [-0.3, -0.25) is 9.69 Å². The summed E-state index contributed by atoms with van der Waals surface area (Å²) in [5.41, 5.74) is 2.55. The molecule has 140 valence electrons. The van der Waals surface area contributed by atoms with Crippen molar-refractivity contribution in [1.82, 2.24) is 4.90 Å². The number of benzene rings is 1. The van der Waals surface area contributed by atoms with Crippen LogP contribution in [0.4, 0.5) is 10.5 Å². The van der Waals surface area contributed by atoms with Crippen molar-refractivity contribution in [3.05, 3.63) is 35.9 Å². The van der Waals surface area contributed by atoms with Gasteiger partial charge in [-0.2, -0.15) is 0 Å². The summed E-state index contributed by atoms with van der Waals surface area (Å²) in [6, 6.07) is 7.63. The Balaban J connectivity index is 1.79. The second kappa shape index (κ2) is 7.11. The fourth-order valence-corrected chi connectivity index (χ4v) is 3.38. The van der Waals surface area contributed by atoms with Crippen molar-refractivity contribution >= 4 is 23.3 Å². The van der Waals surface area contributed by atoms with Gasteiger partial charge in [0.2, 0.25) is 5.91 Å². The minimum Gasteiger partial charge on any atom is -0.444 e. The molecule has 2 atom stereocenters. The molecule has 2 bridgehead atoms. The Bertz CT molecular complexity index is 718. The van der Waals surface area contributed by atoms with Crippen LogP contribution in [0.2, 0.25) is 0 Å². The van der Waals surface area contributed by atoms with E-state index in [4.69, 9.17) is 9.47 Å². The van der Waals surface area contributed by atoms with Crippen molar-refractivity contribution in [2.24, 2.45) is 0 Å². The minimum atomic E-state index is -0.518. The predicted octanol–water partition coefficient (Wildman–Crippen LogP) is 3.44. The van der Waals surface area contributed by atoms with Gasteiger partial charge in [-0.15, -0.1) is 0 Å². The Labute approximate surface area is 154 Å². The van der Waals surface area contributed by atoms with Crippen LogP contribution in [0.3, 0.4) is 0 Å². The van der Waals surface area contributed by atoms with Gasteiger partial charge in [0.25, 0.3) is 0 Å². The summed E-state index contributed by atoms with van der Waals surface area (Å²) in [5, 5.41) is 2.77. The Morgan fingerprint density at radius 3 is 2.46 bits per heavy atom. The molecule has 0 spiro atoms. The number of hydrogen-bond donors (Lipinski definition) is 1. The zero-order valence-electron chi connectivity index (χ0n) is 15.7. The van der Waals surface area contributed by atoms with E-state index in [1.807, 2.05) is 49.9 Å². The zero-order valence-corrected chi connectivity index (χ0v) is 15.7. The topological polar surface area (TPSA) is 67.9 Å². The number of ether oxygens (including phenoxy) is 2. The molecule has 6 nitrogen and oxygen atoms in total. The monoisotopic (exact) mass is 358 g/mol. The number of nitrogens with one attached hydrogen (secondary N) is 1. The molecule has 26 heavy (non-hydrogen) atoms. The molecule has 3 rings (SSSR count). The third-order valence-corrected chi connectivity index (χ3v) is 4.38. The van der Waals surface area contributed by atoms with Crippen molar-refractivity contribution in [2.45, 2.75) is 51.8 Å². The highest BCUT2D eigenvalue weighted by atomic mass is 16.6. The first-order valence-corrected chi connectivity index (χ1v) is 8.91. The normalized spacial score (nSPS) is 22.5. The lowest BCUT2D eigenvalue weighted by molar-refractivity contribution is -0.114. The molecule has 2 unspecified atom stereocenters. The number of carbonyl (C=O) groups excluding carboxylic acids is 2. The van der Waals surface area contributed by atoms with E-state index in [-0.39, 0.29) is 24.1 Å². The van der Waals surface area contributed by atoms with Crippen LogP contribution in [0.1, 0.15) is 39.7 Å². The lowest BCUT2D eigenvalue weighted by atomic mass is 9.90. The maximum atomic E-state index is 12.6. The lowest BCUT2D eigenvalue weighted by Gasteiger charge is -2.44. The molecule has 1 aromatic rings. The van der Waals surface area contributed by atoms with Crippen LogP contribution in [0.5, 0.6) is 0 Å². The number of amides is 2. The van der Waals surface area contributed by atoms with Crippen LogP contribution in [0.25, 0.3) is 5.57 Å². The fraction of sp³-hybridized carbons (Fsp3) is 0.500. The van der Waals surface area contributed by atoms with E-state index in [2.05, 4.69) is 11.4 Å². The van der Waals surface area contributed by atoms with Crippen LogP contribution in [0.15, 0.2) is 30.3 Å². The van der Waals surface area contributed by atoms with E-state index in [9.17, 15) is 9.59 Å². The molecule has 0 radical (unpaired) electrons. The van der Waals surface area contributed by atoms with Crippen molar-refractivity contribution in [1.29, 1.82) is 0 Å². The van der Waals surface area contributed by atoms with E-state index in [1.54, 1.807) is 0 Å². The van der Waals surface area contributed by atoms with Crippen molar-refractivity contribution in [2.75, 3.05) is 18.5 Å². The standard InChI is InChI=1S/C20H26N2O4/c1-13(23)21-16-7-5-14(6-8-16)15-9-17-11-25-12-18(10-15)22(17)19(24)26-20(2,3)4/h5-9,17-18H,10-12H2,1-4H3,(H,21,23). The molecule has 0 aliphatic carbocycles. The smallest absolute Gasteiger partial charge is 0.411 e. The Kier molecular flexibility index (Phi) is 5.05. The summed E-state index contributed by atoms with van der Waals surface area (Å²) in [6.45, 7) is 8.10. The lowest BCUT2D eigenvalue weighted by Crippen LogP contribution is -2.57. The summed E-state index contributed by atoms with van der Waals surface area (Å²) >= 11 is 0. The molecule has 0 aromatic heterocycles. The van der Waals surface area contributed by atoms with Gasteiger partial charge in [0.15, 0.2) is 0 Å². The number of fused-ring (bicyclic) bond motifs is 2. The number of hydrogen-bond acceptors (Lipinski definition) is 4. The highest BCUT2D eigenvalue weighted by Gasteiger charge is 2.40. The first-order chi connectivity index (χ1) is 12.2. The second-order valence-corrected chi connectivity index (χ2v) is 7.80. The summed E-state index contributed by atoms with van der Waals surface area (Å²) in [5.74, 6) is -0.0886. The molecule has 2 heterocycles. The molecule has 2 aliphatic rings. The van der Waals surface area contributed by atoms with E-state index >= 15 is 0 Å². The van der Waals surface area contributed by atoms with Crippen molar-refractivity contribution in [3.63, 3.8) is 0 Å². The van der Waals surface area contributed by atoms with Gasteiger partial charge in [-0.25, -0.2) is 4.79 Å². The van der Waals surface area contributed by atoms with Crippen LogP contribution < -0.4 is 5.32 Å². The first-order valence-electron chi connectivity index (χ1n) is 8.91. The number of morpholine rings is 1. The quantitative estimate of drug-likeness (QED) is 0.879. The number of carbonyl (C=O) groups is 2. The van der Waals surface area contributed by atoms with Crippen LogP contribution in [0, 0.1) is 0 Å². The van der Waals surface area contributed by atoms with E-state index < -0.39 is 5.60 Å². The molecule has 2 aliphatic heterocycles. The molecule has 1 N–H and O–H groups in total. The van der Waals surface area contributed by atoms with Crippen molar-refractivity contribution in [3.8, 4) is 0 Å². The Morgan fingerprint density at radius 2 is 1.88 bits per heavy atom. The summed E-state index contributed by atoms with van der Waals surface area (Å²) < 4.78 is 11.2. The molecule has 1 saturated heterocycles. The van der Waals surface area contributed by atoms with Gasteiger partial charge in [0.05, 0.1) is 25.3 Å². The van der Waals surface area contributed by atoms with Gasteiger partial charge in [0.1, 0.15) is 5.60 Å². The number of nitrogens with zero attached hydrogens (tertiary/aromatic N) is 1. The van der Waals surface area contributed by atoms with Gasteiger partial charge in [-0.1, -0.05) is 18.2 Å². The highest BCUT2D eigenvalue weighted by Crippen LogP contribution is 2.33. The molecular weight excluding hydrogens is 332 g/mol. The maximum absolute atomic E-state index is 12.6. The van der Waals surface area contributed by atoms with Crippen LogP contribution in [-0.4, -0.2) is 47.8 Å². The molecule has 6 heteroatoms. The van der Waals surface area contributed by atoms with Crippen LogP contribution in [-0.2, 0) is 14.3 Å². The van der Waals surface area contributed by atoms with E-state index in [0.29, 0.717) is 13.2 Å². The number of anilines is 1. The van der Waals surface area contributed by atoms with Gasteiger partial charge in [-0.05, 0) is 50.5 Å². The molecule has 1 aromatic carbocycles. The van der Waals surface area contributed by atoms with Gasteiger partial charge in [0, 0.05) is 12.6 Å². The average Bonchev–Trinajstić information content (AvgIpc) is 2.52. The zero-order chi connectivity index (χ0) is 18.9. The summed E-state index contributed by atoms with van der Waals surface area (Å²) in [6.07, 6.45) is 2.52. The summed E-state index contributed by atoms with van der Waals surface area (Å²) in [7, 11) is 0. The largest absolute Gasteiger partial charge is 0.444 e. The molecule has 1 fully saturated rings. The van der Waals surface area contributed by atoms with Gasteiger partial charge < -0.3 is 14.8 Å².